The number of nitrogens with one attached hydrogen (secondary N) is 2. The molecule has 1 aromatic carbocycles. The van der Waals surface area contributed by atoms with Crippen molar-refractivity contribution in [2.45, 2.75) is 40.2 Å². The summed E-state index contributed by atoms with van der Waals surface area (Å²) in [4.78, 5) is 27.5. The molecule has 6 nitrogen and oxygen atoms in total. The van der Waals surface area contributed by atoms with Gasteiger partial charge in [-0.1, -0.05) is 37.6 Å². The molecule has 0 bridgehead atoms. The number of esters is 1. The molecule has 3 rings (SSSR count). The van der Waals surface area contributed by atoms with Crippen LogP contribution in [0.25, 0.3) is 0 Å². The van der Waals surface area contributed by atoms with Gasteiger partial charge in [-0.25, -0.2) is 9.59 Å². The Kier molecular flexibility index (Phi) is 6.08. The maximum Gasteiger partial charge on any atom is 0.338 e. The first kappa shape index (κ1) is 20.4. The van der Waals surface area contributed by atoms with Gasteiger partial charge < -0.3 is 15.4 Å². The fourth-order valence-electron chi connectivity index (χ4n) is 4.54. The largest absolute Gasteiger partial charge is 0.466 e. The Morgan fingerprint density at radius 2 is 1.89 bits per heavy atom. The van der Waals surface area contributed by atoms with Crippen LogP contribution in [0.5, 0.6) is 0 Å². The number of nitrogens with zero attached hydrogens (tertiary/aromatic N) is 1. The van der Waals surface area contributed by atoms with Gasteiger partial charge in [-0.05, 0) is 43.2 Å². The summed E-state index contributed by atoms with van der Waals surface area (Å²) < 4.78 is 5.10. The SMILES string of the molecule is COC(=O)C1=C(CN2CC(C)CC(C)C2)NC(=O)NC1c1cc(C)ccc1C. The van der Waals surface area contributed by atoms with Crippen LogP contribution in [0, 0.1) is 25.7 Å². The van der Waals surface area contributed by atoms with Crippen LogP contribution in [0.2, 0.25) is 0 Å². The van der Waals surface area contributed by atoms with Crippen LogP contribution in [-0.4, -0.2) is 43.6 Å². The molecule has 28 heavy (non-hydrogen) atoms. The highest BCUT2D eigenvalue weighted by atomic mass is 16.5. The molecule has 2 amide bonds. The van der Waals surface area contributed by atoms with Crippen molar-refractivity contribution in [1.82, 2.24) is 15.5 Å². The molecule has 152 valence electrons. The van der Waals surface area contributed by atoms with Gasteiger partial charge in [0.25, 0.3) is 0 Å². The third-order valence-electron chi connectivity index (χ3n) is 5.63. The number of hydrogen-bond donors (Lipinski definition) is 2. The van der Waals surface area contributed by atoms with Crippen molar-refractivity contribution in [2.24, 2.45) is 11.8 Å². The van der Waals surface area contributed by atoms with Gasteiger partial charge in [0, 0.05) is 25.3 Å². The summed E-state index contributed by atoms with van der Waals surface area (Å²) in [5.41, 5.74) is 4.16. The van der Waals surface area contributed by atoms with E-state index in [1.165, 1.54) is 13.5 Å². The molecule has 3 unspecified atom stereocenters. The minimum Gasteiger partial charge on any atom is -0.466 e. The van der Waals surface area contributed by atoms with Crippen LogP contribution in [0.3, 0.4) is 0 Å². The fraction of sp³-hybridized carbons (Fsp3) is 0.545. The van der Waals surface area contributed by atoms with Crippen LogP contribution < -0.4 is 10.6 Å². The minimum absolute atomic E-state index is 0.285. The molecule has 2 aliphatic rings. The molecule has 1 fully saturated rings. The molecular weight excluding hydrogens is 354 g/mol. The van der Waals surface area contributed by atoms with E-state index in [-0.39, 0.29) is 6.03 Å². The van der Waals surface area contributed by atoms with Gasteiger partial charge in [0.2, 0.25) is 0 Å². The Morgan fingerprint density at radius 3 is 2.54 bits per heavy atom. The molecule has 2 N–H and O–H groups in total. The molecule has 0 spiro atoms. The van der Waals surface area contributed by atoms with Gasteiger partial charge in [-0.3, -0.25) is 4.90 Å². The number of hydrogen-bond acceptors (Lipinski definition) is 4. The lowest BCUT2D eigenvalue weighted by Crippen LogP contribution is -2.50. The van der Waals surface area contributed by atoms with E-state index in [9.17, 15) is 9.59 Å². The van der Waals surface area contributed by atoms with Crippen molar-refractivity contribution in [3.8, 4) is 0 Å². The van der Waals surface area contributed by atoms with Gasteiger partial charge in [0.05, 0.1) is 18.7 Å². The third-order valence-corrected chi connectivity index (χ3v) is 5.63. The van der Waals surface area contributed by atoms with E-state index in [2.05, 4.69) is 29.4 Å². The first-order chi connectivity index (χ1) is 13.3. The first-order valence-corrected chi connectivity index (χ1v) is 9.96. The lowest BCUT2D eigenvalue weighted by molar-refractivity contribution is -0.136. The van der Waals surface area contributed by atoms with Crippen molar-refractivity contribution >= 4 is 12.0 Å². The molecule has 0 saturated carbocycles. The van der Waals surface area contributed by atoms with Crippen LogP contribution in [0.15, 0.2) is 29.5 Å². The summed E-state index contributed by atoms with van der Waals surface area (Å²) in [6.07, 6.45) is 1.21. The van der Waals surface area contributed by atoms with E-state index in [1.807, 2.05) is 32.0 Å². The van der Waals surface area contributed by atoms with Gasteiger partial charge in [0.15, 0.2) is 0 Å². The summed E-state index contributed by atoms with van der Waals surface area (Å²) in [6, 6.07) is 5.27. The number of piperidine rings is 1. The second kappa shape index (κ2) is 8.35. The van der Waals surface area contributed by atoms with Crippen molar-refractivity contribution in [2.75, 3.05) is 26.7 Å². The first-order valence-electron chi connectivity index (χ1n) is 9.96. The zero-order valence-electron chi connectivity index (χ0n) is 17.5. The van der Waals surface area contributed by atoms with Gasteiger partial charge in [-0.2, -0.15) is 0 Å². The fourth-order valence-corrected chi connectivity index (χ4v) is 4.54. The Hall–Kier alpha value is -2.34. The van der Waals surface area contributed by atoms with Gasteiger partial charge >= 0.3 is 12.0 Å². The highest BCUT2D eigenvalue weighted by Gasteiger charge is 2.35. The second-order valence-corrected chi connectivity index (χ2v) is 8.42. The van der Waals surface area contributed by atoms with Crippen molar-refractivity contribution in [1.29, 1.82) is 0 Å². The minimum atomic E-state index is -0.518. The predicted octanol–water partition coefficient (Wildman–Crippen LogP) is 3.06. The predicted molar refractivity (Wildman–Crippen MR) is 109 cm³/mol. The standard InChI is InChI=1S/C22H31N3O3/c1-13-6-7-16(4)17(9-13)20-19(21(26)28-5)18(23-22(27)24-20)12-25-10-14(2)8-15(3)11-25/h6-7,9,14-15,20H,8,10-12H2,1-5H3,(H2,23,24,27). The summed E-state index contributed by atoms with van der Waals surface area (Å²) >= 11 is 0. The topological polar surface area (TPSA) is 70.7 Å². The molecule has 0 aromatic heterocycles. The molecule has 1 aromatic rings. The number of carbonyl (C=O) groups is 2. The quantitative estimate of drug-likeness (QED) is 0.782. The van der Waals surface area contributed by atoms with Crippen LogP contribution >= 0.6 is 0 Å². The Balaban J connectivity index is 2.02. The van der Waals surface area contributed by atoms with E-state index in [4.69, 9.17) is 4.74 Å². The number of likely N-dealkylation sites (tertiary alicyclic amines) is 1. The average Bonchev–Trinajstić information content (AvgIpc) is 2.61. The molecule has 2 aliphatic heterocycles. The highest BCUT2D eigenvalue weighted by molar-refractivity contribution is 5.95. The van der Waals surface area contributed by atoms with Crippen LogP contribution in [0.4, 0.5) is 4.79 Å². The van der Waals surface area contributed by atoms with Gasteiger partial charge in [-0.15, -0.1) is 0 Å². The van der Waals surface area contributed by atoms with E-state index in [0.29, 0.717) is 29.7 Å². The highest BCUT2D eigenvalue weighted by Crippen LogP contribution is 2.31. The van der Waals surface area contributed by atoms with Crippen LogP contribution in [-0.2, 0) is 9.53 Å². The zero-order valence-corrected chi connectivity index (χ0v) is 17.5. The molecule has 3 atom stereocenters. The molecular formula is C22H31N3O3. The average molecular weight is 386 g/mol. The van der Waals surface area contributed by atoms with Crippen molar-refractivity contribution < 1.29 is 14.3 Å². The van der Waals surface area contributed by atoms with Crippen LogP contribution in [0.1, 0.15) is 43.0 Å². The van der Waals surface area contributed by atoms with E-state index in [0.717, 1.165) is 29.8 Å². The molecule has 6 heteroatoms. The summed E-state index contributed by atoms with van der Waals surface area (Å²) in [7, 11) is 1.38. The number of aryl methyl sites for hydroxylation is 2. The molecule has 1 saturated heterocycles. The van der Waals surface area contributed by atoms with Gasteiger partial charge in [0.1, 0.15) is 0 Å². The van der Waals surface area contributed by atoms with Crippen molar-refractivity contribution in [3.63, 3.8) is 0 Å². The molecule has 0 aliphatic carbocycles. The lowest BCUT2D eigenvalue weighted by atomic mass is 9.89. The Labute approximate surface area is 167 Å². The number of urea groups is 1. The smallest absolute Gasteiger partial charge is 0.338 e. The zero-order chi connectivity index (χ0) is 20.4. The maximum absolute atomic E-state index is 12.7. The lowest BCUT2D eigenvalue weighted by Gasteiger charge is -2.37. The second-order valence-electron chi connectivity index (χ2n) is 8.42. The number of ether oxygens (including phenoxy) is 1. The Bertz CT molecular complexity index is 792. The summed E-state index contributed by atoms with van der Waals surface area (Å²) in [5.74, 6) is 0.780. The van der Waals surface area contributed by atoms with E-state index >= 15 is 0 Å². The Morgan fingerprint density at radius 1 is 1.21 bits per heavy atom. The monoisotopic (exact) mass is 385 g/mol. The number of methoxy groups -OCH3 is 1. The summed E-state index contributed by atoms with van der Waals surface area (Å²) in [6.45, 7) is 10.9. The van der Waals surface area contributed by atoms with E-state index < -0.39 is 12.0 Å². The number of carbonyl (C=O) groups excluding carboxylic acids is 2. The molecule has 0 radical (unpaired) electrons. The number of amides is 2. The number of rotatable bonds is 4. The molecule has 2 heterocycles. The van der Waals surface area contributed by atoms with E-state index in [1.54, 1.807) is 0 Å². The normalized spacial score (nSPS) is 25.9. The summed E-state index contributed by atoms with van der Waals surface area (Å²) in [5, 5.41) is 5.80. The third kappa shape index (κ3) is 4.38. The van der Waals surface area contributed by atoms with Crippen molar-refractivity contribution in [3.05, 3.63) is 46.2 Å². The maximum atomic E-state index is 12.7. The number of benzene rings is 1.